The van der Waals surface area contributed by atoms with Gasteiger partial charge in [-0.25, -0.2) is 9.37 Å². The van der Waals surface area contributed by atoms with Crippen LogP contribution in [-0.2, 0) is 6.54 Å². The Kier molecular flexibility index (Phi) is 2.44. The highest BCUT2D eigenvalue weighted by atomic mass is 19.1. The predicted octanol–water partition coefficient (Wildman–Crippen LogP) is 2.21. The van der Waals surface area contributed by atoms with E-state index in [9.17, 15) is 4.39 Å². The Morgan fingerprint density at radius 3 is 2.80 bits per heavy atom. The zero-order chi connectivity index (χ0) is 11.0. The SMILES string of the molecule is CC(C)n1c(CN)nc2ccc(F)cc21. The lowest BCUT2D eigenvalue weighted by atomic mass is 10.3. The molecule has 80 valence electrons. The Bertz CT molecular complexity index is 488. The molecule has 0 radical (unpaired) electrons. The van der Waals surface area contributed by atoms with E-state index in [4.69, 9.17) is 5.73 Å². The van der Waals surface area contributed by atoms with Gasteiger partial charge in [0.15, 0.2) is 0 Å². The molecule has 0 atom stereocenters. The maximum absolute atomic E-state index is 13.1. The molecule has 0 spiro atoms. The lowest BCUT2D eigenvalue weighted by Gasteiger charge is -2.11. The molecule has 2 aromatic rings. The third-order valence-electron chi connectivity index (χ3n) is 2.42. The summed E-state index contributed by atoms with van der Waals surface area (Å²) in [6, 6.07) is 4.83. The highest BCUT2D eigenvalue weighted by Crippen LogP contribution is 2.21. The molecule has 0 aliphatic rings. The molecule has 4 heteroatoms. The molecule has 0 amide bonds. The topological polar surface area (TPSA) is 43.8 Å². The number of hydrogen-bond donors (Lipinski definition) is 1. The molecule has 1 aromatic heterocycles. The van der Waals surface area contributed by atoms with Gasteiger partial charge in [-0.2, -0.15) is 0 Å². The molecule has 2 rings (SSSR count). The molecular formula is C11H14FN3. The van der Waals surface area contributed by atoms with Gasteiger partial charge in [-0.3, -0.25) is 0 Å². The van der Waals surface area contributed by atoms with Gasteiger partial charge >= 0.3 is 0 Å². The van der Waals surface area contributed by atoms with Crippen LogP contribution in [-0.4, -0.2) is 9.55 Å². The Hall–Kier alpha value is -1.42. The monoisotopic (exact) mass is 207 g/mol. The summed E-state index contributed by atoms with van der Waals surface area (Å²) in [6.07, 6.45) is 0. The van der Waals surface area contributed by atoms with E-state index in [1.807, 2.05) is 18.4 Å². The smallest absolute Gasteiger partial charge is 0.125 e. The summed E-state index contributed by atoms with van der Waals surface area (Å²) in [5.41, 5.74) is 7.22. The number of nitrogens with zero attached hydrogens (tertiary/aromatic N) is 2. The van der Waals surface area contributed by atoms with Gasteiger partial charge in [0.25, 0.3) is 0 Å². The maximum atomic E-state index is 13.1. The minimum Gasteiger partial charge on any atom is -0.324 e. The first kappa shape index (κ1) is 10.1. The second kappa shape index (κ2) is 3.62. The summed E-state index contributed by atoms with van der Waals surface area (Å²) in [4.78, 5) is 4.36. The third-order valence-corrected chi connectivity index (χ3v) is 2.42. The Morgan fingerprint density at radius 1 is 1.47 bits per heavy atom. The van der Waals surface area contributed by atoms with E-state index in [0.29, 0.717) is 6.54 Å². The van der Waals surface area contributed by atoms with E-state index in [0.717, 1.165) is 16.9 Å². The van der Waals surface area contributed by atoms with Crippen molar-refractivity contribution >= 4 is 11.0 Å². The van der Waals surface area contributed by atoms with Crippen LogP contribution < -0.4 is 5.73 Å². The van der Waals surface area contributed by atoms with Crippen molar-refractivity contribution in [2.45, 2.75) is 26.4 Å². The highest BCUT2D eigenvalue weighted by molar-refractivity contribution is 5.76. The Balaban J connectivity index is 2.76. The molecule has 1 heterocycles. The summed E-state index contributed by atoms with van der Waals surface area (Å²) >= 11 is 0. The van der Waals surface area contributed by atoms with Crippen LogP contribution in [0.25, 0.3) is 11.0 Å². The molecule has 0 aliphatic carbocycles. The molecule has 0 saturated heterocycles. The van der Waals surface area contributed by atoms with Crippen LogP contribution in [0.5, 0.6) is 0 Å². The van der Waals surface area contributed by atoms with Crippen LogP contribution in [0.4, 0.5) is 4.39 Å². The van der Waals surface area contributed by atoms with Gasteiger partial charge in [0.2, 0.25) is 0 Å². The summed E-state index contributed by atoms with van der Waals surface area (Å²) in [5.74, 6) is 0.554. The number of rotatable bonds is 2. The molecule has 0 aliphatic heterocycles. The van der Waals surface area contributed by atoms with Gasteiger partial charge in [0.05, 0.1) is 17.6 Å². The molecule has 1 aromatic carbocycles. The highest BCUT2D eigenvalue weighted by Gasteiger charge is 2.12. The predicted molar refractivity (Wildman–Crippen MR) is 58.0 cm³/mol. The van der Waals surface area contributed by atoms with Crippen molar-refractivity contribution < 1.29 is 4.39 Å². The largest absolute Gasteiger partial charge is 0.324 e. The van der Waals surface area contributed by atoms with Crippen molar-refractivity contribution in [2.75, 3.05) is 0 Å². The van der Waals surface area contributed by atoms with Crippen LogP contribution in [0.2, 0.25) is 0 Å². The van der Waals surface area contributed by atoms with Crippen molar-refractivity contribution in [3.8, 4) is 0 Å². The standard InChI is InChI=1S/C11H14FN3/c1-7(2)15-10-5-8(12)3-4-9(10)14-11(15)6-13/h3-5,7H,6,13H2,1-2H3. The number of imidazole rings is 1. The Morgan fingerprint density at radius 2 is 2.20 bits per heavy atom. The molecular weight excluding hydrogens is 193 g/mol. The van der Waals surface area contributed by atoms with Gasteiger partial charge in [0, 0.05) is 6.04 Å². The van der Waals surface area contributed by atoms with Crippen molar-refractivity contribution in [3.63, 3.8) is 0 Å². The second-order valence-corrected chi connectivity index (χ2v) is 3.83. The fraction of sp³-hybridized carbons (Fsp3) is 0.364. The molecule has 3 nitrogen and oxygen atoms in total. The van der Waals surface area contributed by atoms with Gasteiger partial charge in [-0.05, 0) is 32.0 Å². The number of fused-ring (bicyclic) bond motifs is 1. The van der Waals surface area contributed by atoms with Crippen molar-refractivity contribution in [1.29, 1.82) is 0 Å². The maximum Gasteiger partial charge on any atom is 0.125 e. The van der Waals surface area contributed by atoms with Crippen molar-refractivity contribution in [3.05, 3.63) is 29.8 Å². The van der Waals surface area contributed by atoms with E-state index < -0.39 is 0 Å². The van der Waals surface area contributed by atoms with Crippen LogP contribution in [0.1, 0.15) is 25.7 Å². The fourth-order valence-corrected chi connectivity index (χ4v) is 1.84. The number of benzene rings is 1. The number of halogens is 1. The first-order chi connectivity index (χ1) is 7.13. The van der Waals surface area contributed by atoms with Crippen LogP contribution in [0.15, 0.2) is 18.2 Å². The summed E-state index contributed by atoms with van der Waals surface area (Å²) < 4.78 is 15.1. The number of nitrogens with two attached hydrogens (primary N) is 1. The number of hydrogen-bond acceptors (Lipinski definition) is 2. The second-order valence-electron chi connectivity index (χ2n) is 3.83. The normalized spacial score (nSPS) is 11.5. The lowest BCUT2D eigenvalue weighted by molar-refractivity contribution is 0.582. The number of aromatic nitrogens is 2. The van der Waals surface area contributed by atoms with E-state index >= 15 is 0 Å². The van der Waals surface area contributed by atoms with Crippen molar-refractivity contribution in [2.24, 2.45) is 5.73 Å². The van der Waals surface area contributed by atoms with Crippen molar-refractivity contribution in [1.82, 2.24) is 9.55 Å². The van der Waals surface area contributed by atoms with Crippen LogP contribution in [0.3, 0.4) is 0 Å². The third kappa shape index (κ3) is 1.61. The van der Waals surface area contributed by atoms with E-state index in [1.54, 1.807) is 6.07 Å². The average Bonchev–Trinajstić information content (AvgIpc) is 2.55. The average molecular weight is 207 g/mol. The van der Waals surface area contributed by atoms with E-state index in [2.05, 4.69) is 4.98 Å². The molecule has 0 unspecified atom stereocenters. The molecule has 2 N–H and O–H groups in total. The fourth-order valence-electron chi connectivity index (χ4n) is 1.84. The quantitative estimate of drug-likeness (QED) is 0.820. The van der Waals surface area contributed by atoms with Gasteiger partial charge in [0.1, 0.15) is 11.6 Å². The molecule has 15 heavy (non-hydrogen) atoms. The first-order valence-corrected chi connectivity index (χ1v) is 5.00. The summed E-state index contributed by atoms with van der Waals surface area (Å²) in [6.45, 7) is 4.44. The van der Waals surface area contributed by atoms with Gasteiger partial charge in [-0.1, -0.05) is 0 Å². The minimum atomic E-state index is -0.243. The van der Waals surface area contributed by atoms with E-state index in [-0.39, 0.29) is 11.9 Å². The molecule has 0 fully saturated rings. The molecule has 0 saturated carbocycles. The zero-order valence-electron chi connectivity index (χ0n) is 8.87. The van der Waals surface area contributed by atoms with Gasteiger partial charge in [-0.15, -0.1) is 0 Å². The molecule has 0 bridgehead atoms. The zero-order valence-corrected chi connectivity index (χ0v) is 8.87. The van der Waals surface area contributed by atoms with Crippen LogP contribution in [0, 0.1) is 5.82 Å². The minimum absolute atomic E-state index is 0.232. The lowest BCUT2D eigenvalue weighted by Crippen LogP contribution is -2.10. The Labute approximate surface area is 87.7 Å². The van der Waals surface area contributed by atoms with E-state index in [1.165, 1.54) is 12.1 Å². The first-order valence-electron chi connectivity index (χ1n) is 5.00. The summed E-state index contributed by atoms with van der Waals surface area (Å²) in [5, 5.41) is 0. The van der Waals surface area contributed by atoms with Gasteiger partial charge < -0.3 is 10.3 Å². The van der Waals surface area contributed by atoms with Crippen LogP contribution >= 0.6 is 0 Å². The summed E-state index contributed by atoms with van der Waals surface area (Å²) in [7, 11) is 0.